The third-order valence-electron chi connectivity index (χ3n) is 4.20. The summed E-state index contributed by atoms with van der Waals surface area (Å²) in [6.45, 7) is 12.1. The first kappa shape index (κ1) is 18.1. The monoisotopic (exact) mass is 316 g/mol. The molecule has 5 nitrogen and oxygen atoms in total. The van der Waals surface area contributed by atoms with Crippen LogP contribution in [-0.2, 0) is 23.7 Å². The molecule has 2 saturated heterocycles. The molecular formula is C17H32O5. The molecule has 0 aromatic carbocycles. The average molecular weight is 316 g/mol. The molecule has 0 radical (unpaired) electrons. The predicted octanol–water partition coefficient (Wildman–Crippen LogP) is 3.25. The van der Waals surface area contributed by atoms with Gasteiger partial charge >= 0.3 is 0 Å². The maximum atomic E-state index is 6.13. The van der Waals surface area contributed by atoms with E-state index < -0.39 is 11.4 Å². The van der Waals surface area contributed by atoms with Crippen LogP contribution in [-0.4, -0.2) is 49.7 Å². The molecule has 0 aromatic rings. The smallest absolute Gasteiger partial charge is 0.190 e. The molecule has 2 rings (SSSR count). The van der Waals surface area contributed by atoms with Gasteiger partial charge < -0.3 is 23.7 Å². The van der Waals surface area contributed by atoms with E-state index in [0.29, 0.717) is 13.2 Å². The molecule has 4 atom stereocenters. The topological polar surface area (TPSA) is 46.2 Å². The highest BCUT2D eigenvalue weighted by atomic mass is 16.8. The fraction of sp³-hybridized carbons (Fsp3) is 1.00. The molecule has 2 aliphatic rings. The van der Waals surface area contributed by atoms with E-state index in [-0.39, 0.29) is 18.5 Å². The highest BCUT2D eigenvalue weighted by Gasteiger charge is 2.60. The van der Waals surface area contributed by atoms with E-state index in [9.17, 15) is 0 Å². The first-order valence-electron chi connectivity index (χ1n) is 8.64. The Morgan fingerprint density at radius 3 is 2.27 bits per heavy atom. The van der Waals surface area contributed by atoms with Crippen molar-refractivity contribution in [2.45, 2.75) is 90.2 Å². The molecule has 0 saturated carbocycles. The minimum absolute atomic E-state index is 0.160. The van der Waals surface area contributed by atoms with Crippen molar-refractivity contribution < 1.29 is 23.7 Å². The van der Waals surface area contributed by atoms with Crippen LogP contribution in [0.4, 0.5) is 0 Å². The summed E-state index contributed by atoms with van der Waals surface area (Å²) in [4.78, 5) is 0. The summed E-state index contributed by atoms with van der Waals surface area (Å²) < 4.78 is 29.9. The lowest BCUT2D eigenvalue weighted by Crippen LogP contribution is -2.48. The summed E-state index contributed by atoms with van der Waals surface area (Å²) in [5.41, 5.74) is -0.521. The van der Waals surface area contributed by atoms with Crippen molar-refractivity contribution in [2.75, 3.05) is 19.8 Å². The van der Waals surface area contributed by atoms with Crippen LogP contribution in [0, 0.1) is 0 Å². The second-order valence-electron chi connectivity index (χ2n) is 6.95. The Morgan fingerprint density at radius 2 is 1.59 bits per heavy atom. The lowest BCUT2D eigenvalue weighted by atomic mass is 9.98. The molecule has 0 amide bonds. The van der Waals surface area contributed by atoms with Crippen LogP contribution >= 0.6 is 0 Å². The molecule has 0 N–H and O–H groups in total. The summed E-state index contributed by atoms with van der Waals surface area (Å²) in [7, 11) is 0. The van der Waals surface area contributed by atoms with Crippen molar-refractivity contribution in [2.24, 2.45) is 0 Å². The molecule has 2 aliphatic heterocycles. The van der Waals surface area contributed by atoms with Gasteiger partial charge in [-0.1, -0.05) is 26.7 Å². The van der Waals surface area contributed by atoms with Crippen LogP contribution in [0.1, 0.15) is 60.3 Å². The number of fused-ring (bicyclic) bond motifs is 1. The molecule has 2 fully saturated rings. The SMILES string of the molecule is CCCCOC[C@@]1(C)O[C@@H]2OC(C)(C)O[C@H]2C1OCCCC. The maximum absolute atomic E-state index is 6.13. The highest BCUT2D eigenvalue weighted by molar-refractivity contribution is 5.02. The molecule has 2 heterocycles. The van der Waals surface area contributed by atoms with E-state index in [0.717, 1.165) is 32.3 Å². The van der Waals surface area contributed by atoms with Gasteiger partial charge in [0.15, 0.2) is 12.1 Å². The van der Waals surface area contributed by atoms with E-state index in [2.05, 4.69) is 13.8 Å². The molecule has 130 valence electrons. The molecule has 0 spiro atoms. The van der Waals surface area contributed by atoms with Gasteiger partial charge in [0.05, 0.1) is 6.61 Å². The number of rotatable bonds is 9. The Morgan fingerprint density at radius 1 is 0.909 bits per heavy atom. The van der Waals surface area contributed by atoms with E-state index in [4.69, 9.17) is 23.7 Å². The van der Waals surface area contributed by atoms with Crippen LogP contribution in [0.5, 0.6) is 0 Å². The Bertz CT molecular complexity index is 346. The fourth-order valence-electron chi connectivity index (χ4n) is 3.00. The van der Waals surface area contributed by atoms with E-state index in [1.165, 1.54) is 0 Å². The van der Waals surface area contributed by atoms with Gasteiger partial charge in [0.25, 0.3) is 0 Å². The lowest BCUT2D eigenvalue weighted by molar-refractivity contribution is -0.248. The Kier molecular flexibility index (Phi) is 6.25. The van der Waals surface area contributed by atoms with Crippen LogP contribution < -0.4 is 0 Å². The molecule has 0 bridgehead atoms. The van der Waals surface area contributed by atoms with Gasteiger partial charge in [0.2, 0.25) is 0 Å². The van der Waals surface area contributed by atoms with Crippen LogP contribution in [0.15, 0.2) is 0 Å². The number of hydrogen-bond donors (Lipinski definition) is 0. The standard InChI is InChI=1S/C17H32O5/c1-6-8-10-18-12-17(5)14(19-11-9-7-2)13-15(22-17)21-16(3,4)20-13/h13-15H,6-12H2,1-5H3/t13-,14?,15-,17+/m0/s1. The van der Waals surface area contributed by atoms with Crippen molar-refractivity contribution in [3.63, 3.8) is 0 Å². The van der Waals surface area contributed by atoms with Gasteiger partial charge in [-0.3, -0.25) is 0 Å². The van der Waals surface area contributed by atoms with Gasteiger partial charge in [-0.2, -0.15) is 0 Å². The molecule has 0 aromatic heterocycles. The predicted molar refractivity (Wildman–Crippen MR) is 83.7 cm³/mol. The van der Waals surface area contributed by atoms with Gasteiger partial charge in [0.1, 0.15) is 17.8 Å². The average Bonchev–Trinajstić information content (AvgIpc) is 2.85. The van der Waals surface area contributed by atoms with Gasteiger partial charge in [-0.05, 0) is 33.6 Å². The zero-order valence-electron chi connectivity index (χ0n) is 14.7. The third-order valence-corrected chi connectivity index (χ3v) is 4.20. The van der Waals surface area contributed by atoms with Crippen molar-refractivity contribution in [1.82, 2.24) is 0 Å². The lowest BCUT2D eigenvalue weighted by Gasteiger charge is -2.33. The van der Waals surface area contributed by atoms with E-state index >= 15 is 0 Å². The highest BCUT2D eigenvalue weighted by Crippen LogP contribution is 2.43. The minimum atomic E-state index is -0.619. The molecular weight excluding hydrogens is 284 g/mol. The number of hydrogen-bond acceptors (Lipinski definition) is 5. The van der Waals surface area contributed by atoms with Crippen molar-refractivity contribution in [1.29, 1.82) is 0 Å². The second kappa shape index (κ2) is 7.58. The Hall–Kier alpha value is -0.200. The Balaban J connectivity index is 1.98. The zero-order chi connectivity index (χ0) is 16.2. The summed E-state index contributed by atoms with van der Waals surface area (Å²) in [5, 5.41) is 0. The largest absolute Gasteiger partial charge is 0.378 e. The fourth-order valence-corrected chi connectivity index (χ4v) is 3.00. The van der Waals surface area contributed by atoms with Gasteiger partial charge in [0, 0.05) is 13.2 Å². The maximum Gasteiger partial charge on any atom is 0.190 e. The summed E-state index contributed by atoms with van der Waals surface area (Å²) >= 11 is 0. The van der Waals surface area contributed by atoms with Crippen molar-refractivity contribution in [3.05, 3.63) is 0 Å². The van der Waals surface area contributed by atoms with Gasteiger partial charge in [-0.25, -0.2) is 0 Å². The van der Waals surface area contributed by atoms with Crippen LogP contribution in [0.3, 0.4) is 0 Å². The Labute approximate surface area is 134 Å². The molecule has 1 unspecified atom stereocenters. The van der Waals surface area contributed by atoms with Crippen molar-refractivity contribution in [3.8, 4) is 0 Å². The quantitative estimate of drug-likeness (QED) is 0.611. The normalized spacial score (nSPS) is 36.7. The van der Waals surface area contributed by atoms with Crippen molar-refractivity contribution >= 4 is 0 Å². The molecule has 22 heavy (non-hydrogen) atoms. The summed E-state index contributed by atoms with van der Waals surface area (Å²) in [6.07, 6.45) is 3.60. The zero-order valence-corrected chi connectivity index (χ0v) is 14.7. The minimum Gasteiger partial charge on any atom is -0.378 e. The second-order valence-corrected chi connectivity index (χ2v) is 6.95. The number of unbranched alkanes of at least 4 members (excludes halogenated alkanes) is 2. The molecule has 0 aliphatic carbocycles. The summed E-state index contributed by atoms with van der Waals surface area (Å²) in [5.74, 6) is -0.619. The first-order chi connectivity index (χ1) is 10.4. The van der Waals surface area contributed by atoms with E-state index in [1.807, 2.05) is 20.8 Å². The molecule has 5 heteroatoms. The van der Waals surface area contributed by atoms with Crippen LogP contribution in [0.2, 0.25) is 0 Å². The first-order valence-corrected chi connectivity index (χ1v) is 8.64. The van der Waals surface area contributed by atoms with E-state index in [1.54, 1.807) is 0 Å². The number of ether oxygens (including phenoxy) is 5. The van der Waals surface area contributed by atoms with Gasteiger partial charge in [-0.15, -0.1) is 0 Å². The van der Waals surface area contributed by atoms with Crippen LogP contribution in [0.25, 0.3) is 0 Å². The third kappa shape index (κ3) is 4.20. The summed E-state index contributed by atoms with van der Waals surface area (Å²) in [6, 6.07) is 0.